The highest BCUT2D eigenvalue weighted by molar-refractivity contribution is 9.10. The van der Waals surface area contributed by atoms with Gasteiger partial charge in [0.1, 0.15) is 17.0 Å². The third-order valence-electron chi connectivity index (χ3n) is 2.24. The van der Waals surface area contributed by atoms with Crippen molar-refractivity contribution in [2.45, 2.75) is 0 Å². The summed E-state index contributed by atoms with van der Waals surface area (Å²) < 4.78 is 14.4. The first-order valence-corrected chi connectivity index (χ1v) is 5.80. The van der Waals surface area contributed by atoms with Crippen molar-refractivity contribution < 1.29 is 4.39 Å². The van der Waals surface area contributed by atoms with Crippen LogP contribution in [0.2, 0.25) is 5.15 Å². The second-order valence-electron chi connectivity index (χ2n) is 3.26. The van der Waals surface area contributed by atoms with Gasteiger partial charge in [-0.25, -0.2) is 9.37 Å². The van der Waals surface area contributed by atoms with Gasteiger partial charge < -0.3 is 0 Å². The molecule has 17 heavy (non-hydrogen) atoms. The molecule has 2 nitrogen and oxygen atoms in total. The molecule has 0 aliphatic heterocycles. The standard InChI is InChI=1S/C12H5BrClFN2/c13-7-1-2-11(15)9(5-7)8-3-4-17-12(14)10(8)6-16/h1-5H. The minimum atomic E-state index is -0.410. The number of benzene rings is 1. The molecule has 0 aliphatic carbocycles. The molecule has 0 saturated carbocycles. The molecule has 0 N–H and O–H groups in total. The molecule has 0 fully saturated rings. The average Bonchev–Trinajstić information content (AvgIpc) is 2.32. The maximum absolute atomic E-state index is 13.7. The number of nitriles is 1. The summed E-state index contributed by atoms with van der Waals surface area (Å²) in [5.74, 6) is -0.410. The quantitative estimate of drug-likeness (QED) is 0.741. The van der Waals surface area contributed by atoms with Gasteiger partial charge in [0, 0.05) is 21.8 Å². The van der Waals surface area contributed by atoms with Crippen LogP contribution in [0.15, 0.2) is 34.9 Å². The fourth-order valence-electron chi connectivity index (χ4n) is 1.47. The van der Waals surface area contributed by atoms with E-state index in [4.69, 9.17) is 16.9 Å². The van der Waals surface area contributed by atoms with Crippen molar-refractivity contribution in [2.75, 3.05) is 0 Å². The molecule has 0 unspecified atom stereocenters. The molecule has 0 spiro atoms. The minimum Gasteiger partial charge on any atom is -0.243 e. The maximum atomic E-state index is 13.7. The van der Waals surface area contributed by atoms with E-state index in [9.17, 15) is 4.39 Å². The van der Waals surface area contributed by atoms with E-state index in [1.165, 1.54) is 12.3 Å². The Morgan fingerprint density at radius 1 is 1.29 bits per heavy atom. The van der Waals surface area contributed by atoms with Crippen LogP contribution in [0.5, 0.6) is 0 Å². The molecule has 0 atom stereocenters. The van der Waals surface area contributed by atoms with Gasteiger partial charge in [0.25, 0.3) is 0 Å². The van der Waals surface area contributed by atoms with E-state index in [0.717, 1.165) is 4.47 Å². The molecule has 2 rings (SSSR count). The molecular weight excluding hydrogens is 307 g/mol. The molecule has 5 heteroatoms. The van der Waals surface area contributed by atoms with E-state index in [1.54, 1.807) is 18.2 Å². The van der Waals surface area contributed by atoms with Crippen molar-refractivity contribution in [1.29, 1.82) is 5.26 Å². The summed E-state index contributed by atoms with van der Waals surface area (Å²) in [7, 11) is 0. The van der Waals surface area contributed by atoms with Crippen LogP contribution in [0.4, 0.5) is 4.39 Å². The molecule has 1 aromatic carbocycles. The monoisotopic (exact) mass is 310 g/mol. The van der Waals surface area contributed by atoms with E-state index >= 15 is 0 Å². The number of pyridine rings is 1. The Morgan fingerprint density at radius 2 is 2.06 bits per heavy atom. The smallest absolute Gasteiger partial charge is 0.147 e. The summed E-state index contributed by atoms with van der Waals surface area (Å²) in [6, 6.07) is 8.02. The highest BCUT2D eigenvalue weighted by Crippen LogP contribution is 2.30. The fourth-order valence-corrected chi connectivity index (χ4v) is 2.03. The van der Waals surface area contributed by atoms with Crippen LogP contribution in [0.3, 0.4) is 0 Å². The number of halogens is 3. The zero-order valence-corrected chi connectivity index (χ0v) is 10.8. The van der Waals surface area contributed by atoms with Crippen LogP contribution in [0.1, 0.15) is 5.56 Å². The van der Waals surface area contributed by atoms with Crippen molar-refractivity contribution in [2.24, 2.45) is 0 Å². The summed E-state index contributed by atoms with van der Waals surface area (Å²) in [6.45, 7) is 0. The van der Waals surface area contributed by atoms with E-state index in [1.807, 2.05) is 6.07 Å². The van der Waals surface area contributed by atoms with Crippen LogP contribution >= 0.6 is 27.5 Å². The second-order valence-corrected chi connectivity index (χ2v) is 4.53. The topological polar surface area (TPSA) is 36.7 Å². The largest absolute Gasteiger partial charge is 0.243 e. The molecule has 0 amide bonds. The summed E-state index contributed by atoms with van der Waals surface area (Å²) in [5.41, 5.74) is 0.928. The van der Waals surface area contributed by atoms with Gasteiger partial charge in [0.05, 0.1) is 5.56 Å². The third-order valence-corrected chi connectivity index (χ3v) is 3.01. The predicted molar refractivity (Wildman–Crippen MR) is 67.1 cm³/mol. The zero-order chi connectivity index (χ0) is 12.4. The first-order valence-electron chi connectivity index (χ1n) is 4.63. The summed E-state index contributed by atoms with van der Waals surface area (Å²) >= 11 is 9.06. The Bertz CT molecular complexity index is 622. The van der Waals surface area contributed by atoms with E-state index in [0.29, 0.717) is 11.1 Å². The van der Waals surface area contributed by atoms with E-state index < -0.39 is 5.82 Å². The average molecular weight is 312 g/mol. The lowest BCUT2D eigenvalue weighted by Crippen LogP contribution is -1.91. The number of hydrogen-bond acceptors (Lipinski definition) is 2. The molecule has 2 aromatic rings. The van der Waals surface area contributed by atoms with Crippen LogP contribution in [0.25, 0.3) is 11.1 Å². The normalized spacial score (nSPS) is 10.0. The van der Waals surface area contributed by atoms with Gasteiger partial charge in [-0.2, -0.15) is 5.26 Å². The number of hydrogen-bond donors (Lipinski definition) is 0. The Hall–Kier alpha value is -1.44. The number of nitrogens with zero attached hydrogens (tertiary/aromatic N) is 2. The summed E-state index contributed by atoms with van der Waals surface area (Å²) in [4.78, 5) is 3.80. The second kappa shape index (κ2) is 4.82. The Labute approximate surface area is 111 Å². The van der Waals surface area contributed by atoms with Gasteiger partial charge in [0.2, 0.25) is 0 Å². The summed E-state index contributed by atoms with van der Waals surface area (Å²) in [6.07, 6.45) is 1.44. The SMILES string of the molecule is N#Cc1c(-c2cc(Br)ccc2F)ccnc1Cl. The first-order chi connectivity index (χ1) is 8.13. The van der Waals surface area contributed by atoms with Crippen molar-refractivity contribution in [3.05, 3.63) is 51.5 Å². The first kappa shape index (κ1) is 12.0. The van der Waals surface area contributed by atoms with Gasteiger partial charge in [-0.05, 0) is 24.3 Å². The molecular formula is C12H5BrClFN2. The molecule has 0 aliphatic rings. The maximum Gasteiger partial charge on any atom is 0.147 e. The van der Waals surface area contributed by atoms with Crippen LogP contribution < -0.4 is 0 Å². The lowest BCUT2D eigenvalue weighted by atomic mass is 10.0. The molecule has 84 valence electrons. The van der Waals surface area contributed by atoms with Gasteiger partial charge in [0.15, 0.2) is 0 Å². The third kappa shape index (κ3) is 2.31. The molecule has 0 bridgehead atoms. The van der Waals surface area contributed by atoms with Crippen LogP contribution in [-0.4, -0.2) is 4.98 Å². The number of rotatable bonds is 1. The van der Waals surface area contributed by atoms with Crippen LogP contribution in [0, 0.1) is 17.1 Å². The molecule has 0 radical (unpaired) electrons. The van der Waals surface area contributed by atoms with Crippen LogP contribution in [-0.2, 0) is 0 Å². The minimum absolute atomic E-state index is 0.0735. The number of aromatic nitrogens is 1. The van der Waals surface area contributed by atoms with E-state index in [-0.39, 0.29) is 10.7 Å². The molecule has 0 saturated heterocycles. The lowest BCUT2D eigenvalue weighted by molar-refractivity contribution is 0.631. The highest BCUT2D eigenvalue weighted by Gasteiger charge is 2.13. The van der Waals surface area contributed by atoms with E-state index in [2.05, 4.69) is 20.9 Å². The zero-order valence-electron chi connectivity index (χ0n) is 8.42. The molecule has 1 heterocycles. The van der Waals surface area contributed by atoms with Crippen molar-refractivity contribution >= 4 is 27.5 Å². The van der Waals surface area contributed by atoms with Gasteiger partial charge in [-0.1, -0.05) is 27.5 Å². The van der Waals surface area contributed by atoms with Crippen molar-refractivity contribution in [3.63, 3.8) is 0 Å². The van der Waals surface area contributed by atoms with Gasteiger partial charge in [-0.3, -0.25) is 0 Å². The Morgan fingerprint density at radius 3 is 2.76 bits per heavy atom. The van der Waals surface area contributed by atoms with Crippen molar-refractivity contribution in [3.8, 4) is 17.2 Å². The summed E-state index contributed by atoms with van der Waals surface area (Å²) in [5, 5.41) is 9.09. The molecule has 1 aromatic heterocycles. The van der Waals surface area contributed by atoms with Gasteiger partial charge in [-0.15, -0.1) is 0 Å². The Kier molecular flexibility index (Phi) is 3.41. The van der Waals surface area contributed by atoms with Crippen molar-refractivity contribution in [1.82, 2.24) is 4.98 Å². The Balaban J connectivity index is 2.73. The highest BCUT2D eigenvalue weighted by atomic mass is 79.9. The van der Waals surface area contributed by atoms with Gasteiger partial charge >= 0.3 is 0 Å². The lowest BCUT2D eigenvalue weighted by Gasteiger charge is -2.06. The predicted octanol–water partition coefficient (Wildman–Crippen LogP) is 4.18. The fraction of sp³-hybridized carbons (Fsp3) is 0.